The summed E-state index contributed by atoms with van der Waals surface area (Å²) in [6.07, 6.45) is 15.3. The third kappa shape index (κ3) is 31.7. The van der Waals surface area contributed by atoms with Gasteiger partial charge < -0.3 is 10.2 Å². The molecule has 0 aromatic rings. The summed E-state index contributed by atoms with van der Waals surface area (Å²) < 4.78 is 0. The average Bonchev–Trinajstić information content (AvgIpc) is 2.79. The van der Waals surface area contributed by atoms with E-state index < -0.39 is 11.9 Å². The first-order chi connectivity index (χ1) is 15.9. The second-order valence-electron chi connectivity index (χ2n) is 7.84. The van der Waals surface area contributed by atoms with Gasteiger partial charge in [0.1, 0.15) is 10.5 Å². The van der Waals surface area contributed by atoms with Crippen molar-refractivity contribution in [3.05, 3.63) is 25.3 Å². The largest absolute Gasteiger partial charge is 0.480 e. The molecule has 0 radical (unpaired) electrons. The van der Waals surface area contributed by atoms with Gasteiger partial charge in [-0.15, -0.1) is 23.5 Å². The third-order valence-electron chi connectivity index (χ3n) is 4.74. The second-order valence-corrected chi connectivity index (χ2v) is 14.4. The molecule has 0 aromatic carbocycles. The molecule has 0 spiro atoms. The zero-order valence-corrected chi connectivity index (χ0v) is 26.5. The summed E-state index contributed by atoms with van der Waals surface area (Å²) in [7, 11) is 0. The Kier molecular flexibility index (Phi) is 35.9. The number of thioether (sulfide) groups is 2. The number of hydrogen-bond donors (Lipinski definition) is 2. The minimum Gasteiger partial charge on any atom is -0.480 e. The minimum absolute atomic E-state index is 0.184. The molecule has 192 valence electrons. The molecule has 4 nitrogen and oxygen atoms in total. The van der Waals surface area contributed by atoms with Gasteiger partial charge in [-0.05, 0) is 37.2 Å². The fourth-order valence-electron chi connectivity index (χ4n) is 2.64. The van der Waals surface area contributed by atoms with E-state index in [1.165, 1.54) is 48.6 Å². The summed E-state index contributed by atoms with van der Waals surface area (Å²) in [5.41, 5.74) is 0. The van der Waals surface area contributed by atoms with Crippen molar-refractivity contribution in [1.29, 1.82) is 0 Å². The van der Waals surface area contributed by atoms with E-state index in [1.807, 2.05) is 26.0 Å². The van der Waals surface area contributed by atoms with Gasteiger partial charge in [-0.25, -0.2) is 0 Å². The van der Waals surface area contributed by atoms with E-state index in [4.69, 9.17) is 10.2 Å². The van der Waals surface area contributed by atoms with Crippen molar-refractivity contribution in [2.45, 2.75) is 112 Å². The Morgan fingerprint density at radius 2 is 1.09 bits per heavy atom. The van der Waals surface area contributed by atoms with Crippen LogP contribution in [0.2, 0.25) is 10.0 Å². The predicted molar refractivity (Wildman–Crippen MR) is 147 cm³/mol. The van der Waals surface area contributed by atoms with Crippen LogP contribution in [0.15, 0.2) is 25.3 Å². The van der Waals surface area contributed by atoms with Crippen molar-refractivity contribution in [2.24, 2.45) is 0 Å². The van der Waals surface area contributed by atoms with Gasteiger partial charge in [0.05, 0.1) is 0 Å². The first kappa shape index (κ1) is 37.3. The number of carboxylic acid groups (broad SMARTS) is 2. The molecule has 0 aromatic heterocycles. The van der Waals surface area contributed by atoms with Crippen LogP contribution < -0.4 is 0 Å². The molecule has 33 heavy (non-hydrogen) atoms. The monoisotopic (exact) mass is 554 g/mol. The minimum atomic E-state index is -0.664. The summed E-state index contributed by atoms with van der Waals surface area (Å²) in [5, 5.41) is 19.7. The van der Waals surface area contributed by atoms with Crippen LogP contribution in [-0.4, -0.2) is 44.2 Å². The van der Waals surface area contributed by atoms with E-state index in [0.717, 1.165) is 37.2 Å². The molecular weight excluding hydrogens is 506 g/mol. The summed E-state index contributed by atoms with van der Waals surface area (Å²) in [6.45, 7) is 15.5. The number of allylic oxidation sites excluding steroid dienone is 2. The number of carbonyl (C=O) groups is 2. The molecule has 2 unspecified atom stereocenters. The first-order valence-corrected chi connectivity index (χ1v) is 19.1. The SMILES string of the molecule is C=C[CH2][Zn][CH2]C=C.CCCCCCSC(CC)C(=O)O.CCCCCCSC(CC)C(=O)O. The number of unbranched alkanes of at least 4 members (excludes halogenated alkanes) is 6. The summed E-state index contributed by atoms with van der Waals surface area (Å²) in [4.78, 5) is 21.3. The quantitative estimate of drug-likeness (QED) is 0.0889. The molecule has 0 rings (SSSR count). The predicted octanol–water partition coefficient (Wildman–Crippen LogP) is 8.60. The van der Waals surface area contributed by atoms with E-state index in [9.17, 15) is 9.59 Å². The molecule has 2 atom stereocenters. The molecule has 0 bridgehead atoms. The average molecular weight is 556 g/mol. The van der Waals surface area contributed by atoms with E-state index in [0.29, 0.717) is 0 Å². The smallest absolute Gasteiger partial charge is 0.316 e. The van der Waals surface area contributed by atoms with Crippen LogP contribution >= 0.6 is 23.5 Å². The number of carboxylic acids is 2. The fourth-order valence-corrected chi connectivity index (χ4v) is 6.42. The van der Waals surface area contributed by atoms with Gasteiger partial charge >= 0.3 is 64.4 Å². The fraction of sp³-hybridized carbons (Fsp3) is 0.769. The van der Waals surface area contributed by atoms with Crippen molar-refractivity contribution in [3.8, 4) is 0 Å². The maximum atomic E-state index is 10.6. The van der Waals surface area contributed by atoms with E-state index >= 15 is 0 Å². The van der Waals surface area contributed by atoms with Crippen LogP contribution in [0.1, 0.15) is 91.9 Å². The van der Waals surface area contributed by atoms with Crippen molar-refractivity contribution in [1.82, 2.24) is 0 Å². The molecular formula is C26H50O4S2Zn. The van der Waals surface area contributed by atoms with E-state index in [-0.39, 0.29) is 27.6 Å². The van der Waals surface area contributed by atoms with Crippen LogP contribution in [0, 0.1) is 0 Å². The number of rotatable bonds is 20. The van der Waals surface area contributed by atoms with Gasteiger partial charge in [0.25, 0.3) is 0 Å². The standard InChI is InChI=1S/2C10H20O2S.2C3H5.Zn/c2*1-3-5-6-7-8-13-9(4-2)10(11)12;2*1-3-2;/h2*9H,3-8H2,1-2H3,(H,11,12);2*3H,1-2H2;. The Bertz CT molecular complexity index is 422. The molecule has 2 N–H and O–H groups in total. The van der Waals surface area contributed by atoms with Crippen molar-refractivity contribution < 1.29 is 36.9 Å². The molecule has 0 aliphatic rings. The summed E-state index contributed by atoms with van der Waals surface area (Å²) in [5.74, 6) is 0.654. The molecule has 0 aliphatic carbocycles. The van der Waals surface area contributed by atoms with Crippen molar-refractivity contribution in [2.75, 3.05) is 11.5 Å². The zero-order chi connectivity index (χ0) is 25.7. The number of aliphatic carboxylic acids is 2. The molecule has 0 fully saturated rings. The van der Waals surface area contributed by atoms with Crippen LogP contribution in [0.4, 0.5) is 0 Å². The Morgan fingerprint density at radius 1 is 0.727 bits per heavy atom. The summed E-state index contributed by atoms with van der Waals surface area (Å²) >= 11 is 2.98. The van der Waals surface area contributed by atoms with Crippen molar-refractivity contribution in [3.63, 3.8) is 0 Å². The topological polar surface area (TPSA) is 74.6 Å². The second kappa shape index (κ2) is 31.7. The van der Waals surface area contributed by atoms with Gasteiger partial charge in [-0.1, -0.05) is 66.2 Å². The van der Waals surface area contributed by atoms with Crippen LogP contribution in [0.3, 0.4) is 0 Å². The van der Waals surface area contributed by atoms with E-state index in [2.05, 4.69) is 27.0 Å². The molecule has 0 aliphatic heterocycles. The summed E-state index contributed by atoms with van der Waals surface area (Å²) in [6, 6.07) is 0. The van der Waals surface area contributed by atoms with Gasteiger partial charge in [-0.2, -0.15) is 0 Å². The normalized spacial score (nSPS) is 11.5. The first-order valence-electron chi connectivity index (χ1n) is 12.8. The van der Waals surface area contributed by atoms with Crippen LogP contribution in [-0.2, 0) is 26.7 Å². The van der Waals surface area contributed by atoms with Gasteiger partial charge in [0.15, 0.2) is 0 Å². The Balaban J connectivity index is -0.000000429. The van der Waals surface area contributed by atoms with E-state index in [1.54, 1.807) is 23.5 Å². The molecule has 0 heterocycles. The van der Waals surface area contributed by atoms with Gasteiger partial charge in [0, 0.05) is 0 Å². The molecule has 7 heteroatoms. The molecule has 0 saturated carbocycles. The number of hydrogen-bond acceptors (Lipinski definition) is 4. The Hall–Kier alpha value is -0.257. The zero-order valence-electron chi connectivity index (χ0n) is 21.9. The van der Waals surface area contributed by atoms with Gasteiger partial charge in [-0.3, -0.25) is 9.59 Å². The molecule has 0 amide bonds. The van der Waals surface area contributed by atoms with Crippen LogP contribution in [0.5, 0.6) is 0 Å². The maximum Gasteiger partial charge on any atom is 0.316 e. The van der Waals surface area contributed by atoms with Crippen LogP contribution in [0.25, 0.3) is 0 Å². The third-order valence-corrected chi connectivity index (χ3v) is 11.1. The maximum absolute atomic E-state index is 10.6. The van der Waals surface area contributed by atoms with Crippen molar-refractivity contribution >= 4 is 35.5 Å². The van der Waals surface area contributed by atoms with Gasteiger partial charge in [0.2, 0.25) is 0 Å². The Morgan fingerprint density at radius 3 is 1.33 bits per heavy atom. The molecule has 0 saturated heterocycles. The Labute approximate surface area is 220 Å².